The maximum atomic E-state index is 4.91. The number of halogens is 1. The van der Waals surface area contributed by atoms with Gasteiger partial charge in [0, 0.05) is 19.7 Å². The Morgan fingerprint density at radius 2 is 2.60 bits per heavy atom. The summed E-state index contributed by atoms with van der Waals surface area (Å²) in [6.45, 7) is 0.737. The Morgan fingerprint density at radius 1 is 1.80 bits per heavy atom. The van der Waals surface area contributed by atoms with Crippen LogP contribution >= 0.6 is 22.6 Å². The summed E-state index contributed by atoms with van der Waals surface area (Å²) in [6.07, 6.45) is 2.77. The molecule has 0 unspecified atom stereocenters. The predicted octanol–water partition coefficient (Wildman–Crippen LogP) is 1.20. The molecule has 0 spiro atoms. The largest absolute Gasteiger partial charge is 0.384 e. The molecule has 1 N–H and O–H groups in total. The van der Waals surface area contributed by atoms with Crippen LogP contribution in [0.4, 0.5) is 0 Å². The number of aromatic amines is 1. The van der Waals surface area contributed by atoms with Gasteiger partial charge in [0.2, 0.25) is 0 Å². The fourth-order valence-corrected chi connectivity index (χ4v) is 1.21. The minimum absolute atomic E-state index is 0.737. The van der Waals surface area contributed by atoms with Gasteiger partial charge in [-0.05, 0) is 22.6 Å². The number of hydrogen-bond donors (Lipinski definition) is 1. The van der Waals surface area contributed by atoms with Crippen LogP contribution in [0.1, 0.15) is 5.69 Å². The molecule has 1 heterocycles. The zero-order valence-electron chi connectivity index (χ0n) is 5.72. The predicted molar refractivity (Wildman–Crippen MR) is 46.9 cm³/mol. The molecule has 1 rings (SSSR count). The maximum absolute atomic E-state index is 4.91. The number of hydrogen-bond acceptors (Lipinski definition) is 2. The fourth-order valence-electron chi connectivity index (χ4n) is 0.678. The molecule has 0 saturated heterocycles. The van der Waals surface area contributed by atoms with Crippen molar-refractivity contribution in [2.45, 2.75) is 6.42 Å². The van der Waals surface area contributed by atoms with Crippen molar-refractivity contribution in [1.82, 2.24) is 10.2 Å². The van der Waals surface area contributed by atoms with Crippen LogP contribution in [0, 0.1) is 3.57 Å². The molecule has 0 aliphatic heterocycles. The van der Waals surface area contributed by atoms with Gasteiger partial charge in [-0.25, -0.2) is 0 Å². The summed E-state index contributed by atoms with van der Waals surface area (Å²) >= 11 is 2.25. The van der Waals surface area contributed by atoms with E-state index in [0.717, 1.165) is 18.7 Å². The van der Waals surface area contributed by atoms with Gasteiger partial charge in [-0.1, -0.05) is 0 Å². The van der Waals surface area contributed by atoms with Crippen LogP contribution in [0.15, 0.2) is 6.20 Å². The van der Waals surface area contributed by atoms with Gasteiger partial charge < -0.3 is 4.74 Å². The van der Waals surface area contributed by atoms with E-state index in [1.54, 1.807) is 7.11 Å². The first-order valence-corrected chi connectivity index (χ1v) is 4.09. The van der Waals surface area contributed by atoms with Crippen LogP contribution in [-0.4, -0.2) is 23.9 Å². The lowest BCUT2D eigenvalue weighted by molar-refractivity contribution is 0.201. The van der Waals surface area contributed by atoms with Crippen molar-refractivity contribution in [3.8, 4) is 0 Å². The summed E-state index contributed by atoms with van der Waals surface area (Å²) in [7, 11) is 1.69. The summed E-state index contributed by atoms with van der Waals surface area (Å²) in [6, 6.07) is 0. The monoisotopic (exact) mass is 252 g/mol. The second kappa shape index (κ2) is 3.92. The Hall–Kier alpha value is -0.100. The standard InChI is InChI=1S/C6H9IN2O/c1-10-3-2-6-5(7)4-8-9-6/h4H,2-3H2,1H3,(H,8,9). The Morgan fingerprint density at radius 3 is 3.10 bits per heavy atom. The van der Waals surface area contributed by atoms with Gasteiger partial charge in [0.05, 0.1) is 15.9 Å². The Bertz CT molecular complexity index is 199. The summed E-state index contributed by atoms with van der Waals surface area (Å²) in [4.78, 5) is 0. The number of rotatable bonds is 3. The van der Waals surface area contributed by atoms with Crippen molar-refractivity contribution in [1.29, 1.82) is 0 Å². The van der Waals surface area contributed by atoms with Crippen molar-refractivity contribution in [2.75, 3.05) is 13.7 Å². The van der Waals surface area contributed by atoms with E-state index in [4.69, 9.17) is 4.74 Å². The minimum Gasteiger partial charge on any atom is -0.384 e. The molecule has 0 radical (unpaired) electrons. The summed E-state index contributed by atoms with van der Waals surface area (Å²) < 4.78 is 6.09. The smallest absolute Gasteiger partial charge is 0.0778 e. The third-order valence-electron chi connectivity index (χ3n) is 1.21. The molecule has 56 valence electrons. The van der Waals surface area contributed by atoms with E-state index in [2.05, 4.69) is 32.8 Å². The molecule has 0 amide bonds. The topological polar surface area (TPSA) is 37.9 Å². The van der Waals surface area contributed by atoms with E-state index in [1.165, 1.54) is 3.57 Å². The average Bonchev–Trinajstić information content (AvgIpc) is 2.31. The first-order chi connectivity index (χ1) is 4.84. The van der Waals surface area contributed by atoms with E-state index < -0.39 is 0 Å². The molecular formula is C6H9IN2O. The molecule has 0 aliphatic rings. The van der Waals surface area contributed by atoms with Crippen molar-refractivity contribution in [3.05, 3.63) is 15.5 Å². The highest BCUT2D eigenvalue weighted by atomic mass is 127. The van der Waals surface area contributed by atoms with Crippen molar-refractivity contribution >= 4 is 22.6 Å². The molecule has 1 aromatic rings. The van der Waals surface area contributed by atoms with Crippen LogP contribution in [0.2, 0.25) is 0 Å². The van der Waals surface area contributed by atoms with Gasteiger partial charge in [0.15, 0.2) is 0 Å². The second-order valence-corrected chi connectivity index (χ2v) is 3.08. The van der Waals surface area contributed by atoms with Gasteiger partial charge in [-0.3, -0.25) is 5.10 Å². The van der Waals surface area contributed by atoms with Gasteiger partial charge in [0.25, 0.3) is 0 Å². The highest BCUT2D eigenvalue weighted by molar-refractivity contribution is 14.1. The van der Waals surface area contributed by atoms with Crippen LogP contribution in [0.3, 0.4) is 0 Å². The molecule has 0 atom stereocenters. The summed E-state index contributed by atoms with van der Waals surface area (Å²) in [5, 5.41) is 6.83. The van der Waals surface area contributed by atoms with E-state index in [-0.39, 0.29) is 0 Å². The lowest BCUT2D eigenvalue weighted by Gasteiger charge is -1.93. The number of nitrogens with zero attached hydrogens (tertiary/aromatic N) is 1. The average molecular weight is 252 g/mol. The molecule has 0 fully saturated rings. The highest BCUT2D eigenvalue weighted by Gasteiger charge is 1.99. The Labute approximate surface area is 73.3 Å². The number of H-pyrrole nitrogens is 1. The van der Waals surface area contributed by atoms with Crippen LogP contribution in [0.25, 0.3) is 0 Å². The van der Waals surface area contributed by atoms with E-state index >= 15 is 0 Å². The van der Waals surface area contributed by atoms with Gasteiger partial charge in [0.1, 0.15) is 0 Å². The maximum Gasteiger partial charge on any atom is 0.0778 e. The molecule has 3 nitrogen and oxygen atoms in total. The lowest BCUT2D eigenvalue weighted by atomic mass is 10.3. The quantitative estimate of drug-likeness (QED) is 0.821. The zero-order valence-corrected chi connectivity index (χ0v) is 7.88. The summed E-state index contributed by atoms with van der Waals surface area (Å²) in [5.74, 6) is 0. The molecule has 0 aliphatic carbocycles. The first kappa shape index (κ1) is 8.00. The molecule has 4 heteroatoms. The zero-order chi connectivity index (χ0) is 7.40. The molecule has 0 saturated carbocycles. The van der Waals surface area contributed by atoms with Gasteiger partial charge in [-0.2, -0.15) is 5.10 Å². The van der Waals surface area contributed by atoms with E-state index in [1.807, 2.05) is 6.20 Å². The Kier molecular flexibility index (Phi) is 3.14. The first-order valence-electron chi connectivity index (χ1n) is 3.01. The highest BCUT2D eigenvalue weighted by Crippen LogP contribution is 2.07. The van der Waals surface area contributed by atoms with Gasteiger partial charge >= 0.3 is 0 Å². The summed E-state index contributed by atoms with van der Waals surface area (Å²) in [5.41, 5.74) is 1.09. The lowest BCUT2D eigenvalue weighted by Crippen LogP contribution is -1.96. The van der Waals surface area contributed by atoms with E-state index in [0.29, 0.717) is 0 Å². The molecule has 1 aromatic heterocycles. The fraction of sp³-hybridized carbons (Fsp3) is 0.500. The number of methoxy groups -OCH3 is 1. The normalized spacial score (nSPS) is 10.2. The van der Waals surface area contributed by atoms with E-state index in [9.17, 15) is 0 Å². The van der Waals surface area contributed by atoms with Crippen molar-refractivity contribution in [3.63, 3.8) is 0 Å². The SMILES string of the molecule is COCCc1n[nH]cc1I. The number of aromatic nitrogens is 2. The van der Waals surface area contributed by atoms with Crippen molar-refractivity contribution in [2.24, 2.45) is 0 Å². The van der Waals surface area contributed by atoms with Crippen LogP contribution in [0.5, 0.6) is 0 Å². The minimum atomic E-state index is 0.737. The molecule has 0 aromatic carbocycles. The molecule has 10 heavy (non-hydrogen) atoms. The number of ether oxygens (including phenoxy) is 1. The Balaban J connectivity index is 2.49. The van der Waals surface area contributed by atoms with Gasteiger partial charge in [-0.15, -0.1) is 0 Å². The number of nitrogens with one attached hydrogen (secondary N) is 1. The second-order valence-electron chi connectivity index (χ2n) is 1.92. The van der Waals surface area contributed by atoms with Crippen molar-refractivity contribution < 1.29 is 4.74 Å². The molecule has 0 bridgehead atoms. The third kappa shape index (κ3) is 1.95. The molecular weight excluding hydrogens is 243 g/mol. The van der Waals surface area contributed by atoms with Crippen LogP contribution in [-0.2, 0) is 11.2 Å². The van der Waals surface area contributed by atoms with Crippen LogP contribution < -0.4 is 0 Å². The third-order valence-corrected chi connectivity index (χ3v) is 2.14.